The monoisotopic (exact) mass is 572 g/mol. The summed E-state index contributed by atoms with van der Waals surface area (Å²) in [6.45, 7) is 5.94. The molecule has 0 spiro atoms. The molecule has 0 aliphatic carbocycles. The number of halogens is 1. The normalized spacial score (nSPS) is 15.4. The standard InChI is InChI=1S/C26H25BrN2O6S/c1-5-34-20-13-16(8-10-19(20)33-4)23-22(25(32)35-6-2)14(3)28-26-29(23)24(31)21(36-26)12-15-7-9-18(30)17(27)11-15/h7-13,23,30H,5-6H2,1-4H3/b21-12+/t23-/m1/s1. The van der Waals surface area contributed by atoms with Crippen LogP contribution in [0.15, 0.2) is 61.9 Å². The number of carbonyl (C=O) groups excluding carboxylic acids is 1. The molecule has 36 heavy (non-hydrogen) atoms. The second-order valence-electron chi connectivity index (χ2n) is 7.86. The Labute approximate surface area is 219 Å². The van der Waals surface area contributed by atoms with Crippen LogP contribution in [0.2, 0.25) is 0 Å². The fourth-order valence-electron chi connectivity index (χ4n) is 4.00. The lowest BCUT2D eigenvalue weighted by Gasteiger charge is -2.25. The molecule has 0 bridgehead atoms. The lowest BCUT2D eigenvalue weighted by molar-refractivity contribution is -0.139. The highest BCUT2D eigenvalue weighted by Gasteiger charge is 2.34. The number of benzene rings is 2. The van der Waals surface area contributed by atoms with Crippen LogP contribution >= 0.6 is 27.3 Å². The maximum Gasteiger partial charge on any atom is 0.338 e. The van der Waals surface area contributed by atoms with Gasteiger partial charge < -0.3 is 19.3 Å². The molecule has 1 aromatic heterocycles. The molecule has 2 aromatic carbocycles. The van der Waals surface area contributed by atoms with Gasteiger partial charge in [0, 0.05) is 0 Å². The molecule has 3 aromatic rings. The quantitative estimate of drug-likeness (QED) is 0.434. The van der Waals surface area contributed by atoms with Crippen LogP contribution in [-0.2, 0) is 9.53 Å². The summed E-state index contributed by atoms with van der Waals surface area (Å²) < 4.78 is 19.0. The summed E-state index contributed by atoms with van der Waals surface area (Å²) in [5.41, 5.74) is 1.86. The van der Waals surface area contributed by atoms with Gasteiger partial charge >= 0.3 is 5.97 Å². The number of esters is 1. The van der Waals surface area contributed by atoms with Gasteiger partial charge in [0.25, 0.3) is 5.56 Å². The summed E-state index contributed by atoms with van der Waals surface area (Å²) in [5.74, 6) is 0.623. The lowest BCUT2D eigenvalue weighted by Crippen LogP contribution is -2.40. The predicted molar refractivity (Wildman–Crippen MR) is 140 cm³/mol. The third-order valence-electron chi connectivity index (χ3n) is 5.59. The topological polar surface area (TPSA) is 99.4 Å². The minimum absolute atomic E-state index is 0.105. The molecule has 0 saturated heterocycles. The smallest absolute Gasteiger partial charge is 0.338 e. The number of thiazole rings is 1. The molecule has 1 atom stereocenters. The molecule has 4 rings (SSSR count). The summed E-state index contributed by atoms with van der Waals surface area (Å²) in [7, 11) is 1.55. The molecule has 1 N–H and O–H groups in total. The van der Waals surface area contributed by atoms with Crippen molar-refractivity contribution in [2.75, 3.05) is 20.3 Å². The Hall–Kier alpha value is -3.37. The second kappa shape index (κ2) is 10.7. The molecule has 2 heterocycles. The maximum atomic E-state index is 13.7. The van der Waals surface area contributed by atoms with E-state index in [0.717, 1.165) is 5.56 Å². The van der Waals surface area contributed by atoms with E-state index < -0.39 is 12.0 Å². The number of aromatic hydroxyl groups is 1. The van der Waals surface area contributed by atoms with Gasteiger partial charge in [0.1, 0.15) is 5.75 Å². The van der Waals surface area contributed by atoms with Gasteiger partial charge in [-0.15, -0.1) is 0 Å². The van der Waals surface area contributed by atoms with E-state index in [-0.39, 0.29) is 23.5 Å². The fourth-order valence-corrected chi connectivity index (χ4v) is 5.45. The van der Waals surface area contributed by atoms with Crippen molar-refractivity contribution in [2.24, 2.45) is 4.99 Å². The Morgan fingerprint density at radius 1 is 1.19 bits per heavy atom. The zero-order valence-corrected chi connectivity index (χ0v) is 22.6. The van der Waals surface area contributed by atoms with E-state index in [9.17, 15) is 14.7 Å². The van der Waals surface area contributed by atoms with Crippen LogP contribution in [0.25, 0.3) is 6.08 Å². The van der Waals surface area contributed by atoms with E-state index >= 15 is 0 Å². The number of phenols is 1. The van der Waals surface area contributed by atoms with E-state index in [1.165, 1.54) is 15.9 Å². The number of hydrogen-bond donors (Lipinski definition) is 1. The highest BCUT2D eigenvalue weighted by Crippen LogP contribution is 2.36. The molecular weight excluding hydrogens is 548 g/mol. The largest absolute Gasteiger partial charge is 0.507 e. The summed E-state index contributed by atoms with van der Waals surface area (Å²) >= 11 is 4.53. The van der Waals surface area contributed by atoms with Gasteiger partial charge in [-0.1, -0.05) is 23.5 Å². The molecule has 0 saturated carbocycles. The molecule has 0 amide bonds. The maximum absolute atomic E-state index is 13.7. The summed E-state index contributed by atoms with van der Waals surface area (Å²) in [4.78, 5) is 31.8. The van der Waals surface area contributed by atoms with Crippen LogP contribution in [0.5, 0.6) is 17.2 Å². The number of rotatable bonds is 7. The van der Waals surface area contributed by atoms with Crippen molar-refractivity contribution in [2.45, 2.75) is 26.8 Å². The van der Waals surface area contributed by atoms with Crippen molar-refractivity contribution in [3.05, 3.63) is 83.0 Å². The SMILES string of the molecule is CCOC(=O)C1=C(C)N=c2s/c(=C/c3ccc(O)c(Br)c3)c(=O)n2[C@@H]1c1ccc(OC)c(OCC)c1. The van der Waals surface area contributed by atoms with Crippen LogP contribution < -0.4 is 24.4 Å². The van der Waals surface area contributed by atoms with Gasteiger partial charge in [-0.3, -0.25) is 9.36 Å². The molecule has 0 unspecified atom stereocenters. The summed E-state index contributed by atoms with van der Waals surface area (Å²) in [6.07, 6.45) is 1.73. The van der Waals surface area contributed by atoms with Crippen molar-refractivity contribution in [1.29, 1.82) is 0 Å². The highest BCUT2D eigenvalue weighted by atomic mass is 79.9. The van der Waals surface area contributed by atoms with Crippen LogP contribution in [0.3, 0.4) is 0 Å². The number of nitrogens with zero attached hydrogens (tertiary/aromatic N) is 2. The first-order valence-corrected chi connectivity index (χ1v) is 12.9. The average molecular weight is 573 g/mol. The molecular formula is C26H25BrN2O6S. The van der Waals surface area contributed by atoms with Crippen LogP contribution in [0, 0.1) is 0 Å². The minimum atomic E-state index is -0.765. The van der Waals surface area contributed by atoms with Crippen LogP contribution in [0.4, 0.5) is 0 Å². The van der Waals surface area contributed by atoms with Crippen molar-refractivity contribution in [3.8, 4) is 17.2 Å². The highest BCUT2D eigenvalue weighted by molar-refractivity contribution is 9.10. The second-order valence-corrected chi connectivity index (χ2v) is 9.72. The zero-order chi connectivity index (χ0) is 26.0. The molecule has 8 nitrogen and oxygen atoms in total. The van der Waals surface area contributed by atoms with Crippen molar-refractivity contribution < 1.29 is 24.1 Å². The van der Waals surface area contributed by atoms with E-state index in [4.69, 9.17) is 14.2 Å². The first-order chi connectivity index (χ1) is 17.3. The number of aromatic nitrogens is 1. The van der Waals surface area contributed by atoms with E-state index in [1.807, 2.05) is 6.92 Å². The Kier molecular flexibility index (Phi) is 7.65. The van der Waals surface area contributed by atoms with Gasteiger partial charge in [-0.25, -0.2) is 9.79 Å². The Balaban J connectivity index is 1.96. The first kappa shape index (κ1) is 25.7. The summed E-state index contributed by atoms with van der Waals surface area (Å²) in [5, 5.41) is 9.80. The van der Waals surface area contributed by atoms with E-state index in [2.05, 4.69) is 20.9 Å². The third-order valence-corrected chi connectivity index (χ3v) is 7.21. The molecule has 188 valence electrons. The Morgan fingerprint density at radius 2 is 1.97 bits per heavy atom. The van der Waals surface area contributed by atoms with Gasteiger partial charge in [-0.2, -0.15) is 0 Å². The average Bonchev–Trinajstić information content (AvgIpc) is 3.15. The molecule has 1 aliphatic heterocycles. The molecule has 0 radical (unpaired) electrons. The fraction of sp³-hybridized carbons (Fsp3) is 0.269. The third kappa shape index (κ3) is 4.83. The number of hydrogen-bond acceptors (Lipinski definition) is 8. The number of allylic oxidation sites excluding steroid dienone is 1. The molecule has 0 fully saturated rings. The van der Waals surface area contributed by atoms with Gasteiger partial charge in [0.2, 0.25) is 0 Å². The van der Waals surface area contributed by atoms with Crippen LogP contribution in [-0.4, -0.2) is 36.0 Å². The number of methoxy groups -OCH3 is 1. The Morgan fingerprint density at radius 3 is 2.64 bits per heavy atom. The first-order valence-electron chi connectivity index (χ1n) is 11.3. The predicted octanol–water partition coefficient (Wildman–Crippen LogP) is 3.67. The number of carbonyl (C=O) groups is 1. The molecule has 10 heteroatoms. The van der Waals surface area contributed by atoms with E-state index in [1.54, 1.807) is 63.4 Å². The van der Waals surface area contributed by atoms with Crippen molar-refractivity contribution in [3.63, 3.8) is 0 Å². The number of fused-ring (bicyclic) bond motifs is 1. The van der Waals surface area contributed by atoms with Crippen LogP contribution in [0.1, 0.15) is 37.9 Å². The summed E-state index contributed by atoms with van der Waals surface area (Å²) in [6, 6.07) is 9.55. The van der Waals surface area contributed by atoms with E-state index in [0.29, 0.717) is 43.2 Å². The van der Waals surface area contributed by atoms with Crippen molar-refractivity contribution in [1.82, 2.24) is 4.57 Å². The number of phenolic OH excluding ortho intramolecular Hbond substituents is 1. The van der Waals surface area contributed by atoms with Gasteiger partial charge in [-0.05, 0) is 78.2 Å². The van der Waals surface area contributed by atoms with Gasteiger partial charge in [0.15, 0.2) is 16.3 Å². The van der Waals surface area contributed by atoms with Gasteiger partial charge in [0.05, 0.1) is 46.6 Å². The number of ether oxygens (including phenoxy) is 3. The van der Waals surface area contributed by atoms with Crippen molar-refractivity contribution >= 4 is 39.3 Å². The lowest BCUT2D eigenvalue weighted by atomic mass is 9.95. The Bertz CT molecular complexity index is 1540. The zero-order valence-electron chi connectivity index (χ0n) is 20.2. The molecule has 1 aliphatic rings. The minimum Gasteiger partial charge on any atom is -0.507 e.